The van der Waals surface area contributed by atoms with E-state index in [9.17, 15) is 4.79 Å². The molecule has 0 aliphatic carbocycles. The monoisotopic (exact) mass is 240 g/mol. The summed E-state index contributed by atoms with van der Waals surface area (Å²) in [5, 5.41) is 3.07. The van der Waals surface area contributed by atoms with Crippen LogP contribution in [0.25, 0.3) is 0 Å². The Morgan fingerprint density at radius 2 is 1.94 bits per heavy atom. The second kappa shape index (κ2) is 8.51. The fourth-order valence-electron chi connectivity index (χ4n) is 2.48. The minimum Gasteiger partial charge on any atom is -0.355 e. The van der Waals surface area contributed by atoms with E-state index in [1.165, 1.54) is 32.1 Å². The number of hydrogen-bond acceptors (Lipinski definition) is 2. The van der Waals surface area contributed by atoms with Crippen molar-refractivity contribution in [3.8, 4) is 0 Å². The summed E-state index contributed by atoms with van der Waals surface area (Å²) in [5.41, 5.74) is 0. The lowest BCUT2D eigenvalue weighted by molar-refractivity contribution is -0.125. The van der Waals surface area contributed by atoms with Crippen molar-refractivity contribution < 1.29 is 4.79 Å². The molecule has 1 fully saturated rings. The summed E-state index contributed by atoms with van der Waals surface area (Å²) in [6.07, 6.45) is 9.87. The largest absolute Gasteiger partial charge is 0.355 e. The topological polar surface area (TPSA) is 32.3 Å². The van der Waals surface area contributed by atoms with Gasteiger partial charge < -0.3 is 5.32 Å². The van der Waals surface area contributed by atoms with Crippen LogP contribution < -0.4 is 5.32 Å². The molecule has 0 spiro atoms. The standard InChI is InChI=1S/C14H28N2O/c1-3-4-5-6-7-8-11-15-14(17)13-10-9-12-16(13)2/h13H,3-12H2,1-2H3,(H,15,17). The van der Waals surface area contributed by atoms with Gasteiger partial charge in [-0.25, -0.2) is 0 Å². The van der Waals surface area contributed by atoms with E-state index in [0.29, 0.717) is 0 Å². The lowest BCUT2D eigenvalue weighted by Crippen LogP contribution is -2.41. The van der Waals surface area contributed by atoms with E-state index in [2.05, 4.69) is 17.1 Å². The van der Waals surface area contributed by atoms with Crippen molar-refractivity contribution >= 4 is 5.91 Å². The molecule has 3 heteroatoms. The van der Waals surface area contributed by atoms with Crippen molar-refractivity contribution in [3.63, 3.8) is 0 Å². The first-order valence-electron chi connectivity index (χ1n) is 7.23. The van der Waals surface area contributed by atoms with E-state index >= 15 is 0 Å². The summed E-state index contributed by atoms with van der Waals surface area (Å²) < 4.78 is 0. The minimum atomic E-state index is 0.134. The number of amides is 1. The van der Waals surface area contributed by atoms with Gasteiger partial charge in [0.05, 0.1) is 6.04 Å². The van der Waals surface area contributed by atoms with Gasteiger partial charge in [-0.2, -0.15) is 0 Å². The van der Waals surface area contributed by atoms with E-state index in [1.807, 2.05) is 7.05 Å². The fraction of sp³-hybridized carbons (Fsp3) is 0.929. The zero-order valence-corrected chi connectivity index (χ0v) is 11.5. The summed E-state index contributed by atoms with van der Waals surface area (Å²) in [5.74, 6) is 0.235. The molecule has 0 aromatic rings. The highest BCUT2D eigenvalue weighted by atomic mass is 16.2. The Morgan fingerprint density at radius 3 is 2.59 bits per heavy atom. The molecule has 0 bridgehead atoms. The highest BCUT2D eigenvalue weighted by Gasteiger charge is 2.26. The van der Waals surface area contributed by atoms with Crippen molar-refractivity contribution in [3.05, 3.63) is 0 Å². The molecular weight excluding hydrogens is 212 g/mol. The molecule has 1 amide bonds. The molecule has 0 aromatic heterocycles. The molecule has 0 radical (unpaired) electrons. The Labute approximate surface area is 106 Å². The number of nitrogens with one attached hydrogen (secondary N) is 1. The molecule has 1 rings (SSSR count). The molecule has 1 N–H and O–H groups in total. The third-order valence-electron chi connectivity index (χ3n) is 3.65. The van der Waals surface area contributed by atoms with Crippen LogP contribution in [0.4, 0.5) is 0 Å². The van der Waals surface area contributed by atoms with Crippen molar-refractivity contribution in [1.82, 2.24) is 10.2 Å². The zero-order valence-electron chi connectivity index (χ0n) is 11.5. The average Bonchev–Trinajstić information content (AvgIpc) is 2.74. The van der Waals surface area contributed by atoms with Gasteiger partial charge in [-0.05, 0) is 32.9 Å². The molecule has 1 aliphatic heterocycles. The number of likely N-dealkylation sites (tertiary alicyclic amines) is 1. The molecule has 0 aromatic carbocycles. The van der Waals surface area contributed by atoms with Crippen molar-refractivity contribution in [2.24, 2.45) is 0 Å². The van der Waals surface area contributed by atoms with Gasteiger partial charge in [0.15, 0.2) is 0 Å². The fourth-order valence-corrected chi connectivity index (χ4v) is 2.48. The Balaban J connectivity index is 1.97. The Morgan fingerprint density at radius 1 is 1.24 bits per heavy atom. The molecule has 17 heavy (non-hydrogen) atoms. The van der Waals surface area contributed by atoms with Gasteiger partial charge in [0, 0.05) is 6.54 Å². The first-order valence-corrected chi connectivity index (χ1v) is 7.23. The first-order chi connectivity index (χ1) is 8.25. The Kier molecular flexibility index (Phi) is 7.25. The van der Waals surface area contributed by atoms with Crippen LogP contribution in [-0.4, -0.2) is 37.0 Å². The lowest BCUT2D eigenvalue weighted by Gasteiger charge is -2.18. The highest BCUT2D eigenvalue weighted by Crippen LogP contribution is 2.14. The van der Waals surface area contributed by atoms with E-state index in [4.69, 9.17) is 0 Å². The number of carbonyl (C=O) groups excluding carboxylic acids is 1. The van der Waals surface area contributed by atoms with Crippen LogP contribution in [0.3, 0.4) is 0 Å². The van der Waals surface area contributed by atoms with Gasteiger partial charge in [0.1, 0.15) is 0 Å². The molecule has 0 saturated carbocycles. The van der Waals surface area contributed by atoms with Crippen LogP contribution in [0.5, 0.6) is 0 Å². The van der Waals surface area contributed by atoms with E-state index in [1.54, 1.807) is 0 Å². The van der Waals surface area contributed by atoms with Crippen LogP contribution >= 0.6 is 0 Å². The van der Waals surface area contributed by atoms with Crippen LogP contribution in [0.2, 0.25) is 0 Å². The number of hydrogen-bond donors (Lipinski definition) is 1. The zero-order chi connectivity index (χ0) is 12.5. The summed E-state index contributed by atoms with van der Waals surface area (Å²) in [6.45, 7) is 4.16. The minimum absolute atomic E-state index is 0.134. The average molecular weight is 240 g/mol. The van der Waals surface area contributed by atoms with E-state index in [0.717, 1.165) is 32.4 Å². The molecular formula is C14H28N2O. The lowest BCUT2D eigenvalue weighted by atomic mass is 10.1. The third kappa shape index (κ3) is 5.53. The summed E-state index contributed by atoms with van der Waals surface area (Å²) >= 11 is 0. The second-order valence-corrected chi connectivity index (χ2v) is 5.20. The van der Waals surface area contributed by atoms with Crippen LogP contribution in [-0.2, 0) is 4.79 Å². The maximum Gasteiger partial charge on any atom is 0.237 e. The van der Waals surface area contributed by atoms with Crippen LogP contribution in [0.1, 0.15) is 58.3 Å². The number of unbranched alkanes of at least 4 members (excludes halogenated alkanes) is 5. The smallest absolute Gasteiger partial charge is 0.237 e. The SMILES string of the molecule is CCCCCCCCNC(=O)C1CCCN1C. The number of carbonyl (C=O) groups is 1. The molecule has 1 atom stereocenters. The first kappa shape index (κ1) is 14.5. The molecule has 1 unspecified atom stereocenters. The van der Waals surface area contributed by atoms with Gasteiger partial charge >= 0.3 is 0 Å². The second-order valence-electron chi connectivity index (χ2n) is 5.20. The summed E-state index contributed by atoms with van der Waals surface area (Å²) in [7, 11) is 2.04. The van der Waals surface area contributed by atoms with E-state index in [-0.39, 0.29) is 11.9 Å². The van der Waals surface area contributed by atoms with Gasteiger partial charge in [-0.3, -0.25) is 9.69 Å². The quantitative estimate of drug-likeness (QED) is 0.661. The molecule has 100 valence electrons. The third-order valence-corrected chi connectivity index (χ3v) is 3.65. The number of rotatable bonds is 8. The molecule has 1 aliphatic rings. The molecule has 1 heterocycles. The van der Waals surface area contributed by atoms with Gasteiger partial charge in [0.25, 0.3) is 0 Å². The predicted molar refractivity (Wildman–Crippen MR) is 72.0 cm³/mol. The van der Waals surface area contributed by atoms with E-state index < -0.39 is 0 Å². The molecule has 3 nitrogen and oxygen atoms in total. The van der Waals surface area contributed by atoms with Crippen LogP contribution in [0, 0.1) is 0 Å². The van der Waals surface area contributed by atoms with Crippen molar-refractivity contribution in [1.29, 1.82) is 0 Å². The maximum atomic E-state index is 11.8. The predicted octanol–water partition coefficient (Wildman–Crippen LogP) is 2.56. The summed E-state index contributed by atoms with van der Waals surface area (Å²) in [4.78, 5) is 14.0. The molecule has 1 saturated heterocycles. The highest BCUT2D eigenvalue weighted by molar-refractivity contribution is 5.81. The summed E-state index contributed by atoms with van der Waals surface area (Å²) in [6, 6.07) is 0.134. The van der Waals surface area contributed by atoms with Crippen molar-refractivity contribution in [2.45, 2.75) is 64.3 Å². The Bertz CT molecular complexity index is 218. The van der Waals surface area contributed by atoms with Gasteiger partial charge in [0.2, 0.25) is 5.91 Å². The normalized spacial score (nSPS) is 20.7. The van der Waals surface area contributed by atoms with Gasteiger partial charge in [-0.1, -0.05) is 39.0 Å². The van der Waals surface area contributed by atoms with Crippen LogP contribution in [0.15, 0.2) is 0 Å². The maximum absolute atomic E-state index is 11.8. The number of likely N-dealkylation sites (N-methyl/N-ethyl adjacent to an activating group) is 1. The number of nitrogens with zero attached hydrogens (tertiary/aromatic N) is 1. The Hall–Kier alpha value is -0.570. The van der Waals surface area contributed by atoms with Crippen molar-refractivity contribution in [2.75, 3.05) is 20.1 Å². The van der Waals surface area contributed by atoms with Gasteiger partial charge in [-0.15, -0.1) is 0 Å².